The van der Waals surface area contributed by atoms with Gasteiger partial charge in [-0.05, 0) is 37.8 Å². The largest absolute Gasteiger partial charge is 0.0985 e. The van der Waals surface area contributed by atoms with Gasteiger partial charge in [0.2, 0.25) is 0 Å². The second-order valence-electron chi connectivity index (χ2n) is 3.90. The molecule has 16 heavy (non-hydrogen) atoms. The lowest BCUT2D eigenvalue weighted by molar-refractivity contribution is 1.02. The van der Waals surface area contributed by atoms with E-state index in [4.69, 9.17) is 0 Å². The van der Waals surface area contributed by atoms with E-state index in [0.717, 1.165) is 12.0 Å². The number of hydrogen-bond acceptors (Lipinski definition) is 0. The zero-order valence-electron chi connectivity index (χ0n) is 10.2. The quantitative estimate of drug-likeness (QED) is 0.581. The van der Waals surface area contributed by atoms with Gasteiger partial charge in [0.15, 0.2) is 0 Å². The van der Waals surface area contributed by atoms with Crippen molar-refractivity contribution in [2.75, 3.05) is 0 Å². The Morgan fingerprint density at radius 1 is 1.38 bits per heavy atom. The molecule has 0 aromatic rings. The first-order valence-corrected chi connectivity index (χ1v) is 5.78. The van der Waals surface area contributed by atoms with E-state index >= 15 is 0 Å². The van der Waals surface area contributed by atoms with Crippen molar-refractivity contribution in [2.24, 2.45) is 0 Å². The Labute approximate surface area is 99.1 Å². The maximum Gasteiger partial charge on any atom is -0.0260 e. The van der Waals surface area contributed by atoms with Gasteiger partial charge in [-0.25, -0.2) is 0 Å². The second-order valence-corrected chi connectivity index (χ2v) is 3.90. The number of hydrogen-bond donors (Lipinski definition) is 0. The molecule has 0 radical (unpaired) electrons. The van der Waals surface area contributed by atoms with Gasteiger partial charge in [0.05, 0.1) is 0 Å². The van der Waals surface area contributed by atoms with Crippen LogP contribution in [0.2, 0.25) is 0 Å². The van der Waals surface area contributed by atoms with E-state index in [1.807, 2.05) is 13.0 Å². The van der Waals surface area contributed by atoms with Crippen molar-refractivity contribution in [2.45, 2.75) is 26.7 Å². The van der Waals surface area contributed by atoms with Crippen LogP contribution in [0.4, 0.5) is 0 Å². The average molecular weight is 212 g/mol. The fourth-order valence-corrected chi connectivity index (χ4v) is 1.47. The maximum absolute atomic E-state index is 3.83. The number of allylic oxidation sites excluding steroid dienone is 11. The highest BCUT2D eigenvalue weighted by Crippen LogP contribution is 2.13. The predicted molar refractivity (Wildman–Crippen MR) is 73.3 cm³/mol. The molecule has 0 heterocycles. The summed E-state index contributed by atoms with van der Waals surface area (Å²) in [4.78, 5) is 0. The topological polar surface area (TPSA) is 0 Å². The molecule has 0 heteroatoms. The number of rotatable bonds is 4. The molecule has 84 valence electrons. The summed E-state index contributed by atoms with van der Waals surface area (Å²) in [6.45, 7) is 7.97. The minimum Gasteiger partial charge on any atom is -0.0985 e. The summed E-state index contributed by atoms with van der Waals surface area (Å²) in [5.74, 6) is 0. The maximum atomic E-state index is 3.83. The zero-order valence-corrected chi connectivity index (χ0v) is 10.2. The molecule has 0 atom stereocenters. The third kappa shape index (κ3) is 4.31. The van der Waals surface area contributed by atoms with Gasteiger partial charge in [-0.2, -0.15) is 0 Å². The summed E-state index contributed by atoms with van der Waals surface area (Å²) in [6.07, 6.45) is 19.3. The van der Waals surface area contributed by atoms with Crippen LogP contribution in [0.5, 0.6) is 0 Å². The van der Waals surface area contributed by atoms with E-state index in [9.17, 15) is 0 Å². The van der Waals surface area contributed by atoms with Crippen LogP contribution in [0.25, 0.3) is 0 Å². The molecule has 0 aliphatic heterocycles. The molecule has 0 saturated carbocycles. The van der Waals surface area contributed by atoms with E-state index < -0.39 is 0 Å². The van der Waals surface area contributed by atoms with E-state index in [2.05, 4.69) is 56.0 Å². The Balaban J connectivity index is 2.73. The van der Waals surface area contributed by atoms with Crippen LogP contribution >= 0.6 is 0 Å². The highest BCUT2D eigenvalue weighted by molar-refractivity contribution is 5.41. The first-order chi connectivity index (χ1) is 7.76. The van der Waals surface area contributed by atoms with Gasteiger partial charge in [-0.15, -0.1) is 0 Å². The van der Waals surface area contributed by atoms with E-state index in [1.54, 1.807) is 0 Å². The minimum atomic E-state index is 1.15. The molecule has 0 nitrogen and oxygen atoms in total. The molecule has 0 unspecified atom stereocenters. The second kappa shape index (κ2) is 6.84. The molecule has 0 bridgehead atoms. The summed E-state index contributed by atoms with van der Waals surface area (Å²) in [5.41, 5.74) is 3.69. The van der Waals surface area contributed by atoms with Crippen molar-refractivity contribution in [3.8, 4) is 0 Å². The van der Waals surface area contributed by atoms with Gasteiger partial charge in [0.1, 0.15) is 0 Å². The SMILES string of the molecule is C=CC(/C=C/C1=CCCC=C1)=C\C(C)=C/C. The molecule has 0 aromatic heterocycles. The van der Waals surface area contributed by atoms with Crippen molar-refractivity contribution in [3.63, 3.8) is 0 Å². The molecular formula is C16H20. The Morgan fingerprint density at radius 2 is 2.19 bits per heavy atom. The summed E-state index contributed by atoms with van der Waals surface area (Å²) in [6, 6.07) is 0. The summed E-state index contributed by atoms with van der Waals surface area (Å²) in [7, 11) is 0. The normalized spacial score (nSPS) is 17.8. The monoisotopic (exact) mass is 212 g/mol. The Kier molecular flexibility index (Phi) is 5.35. The molecule has 0 spiro atoms. The van der Waals surface area contributed by atoms with Crippen LogP contribution in [-0.4, -0.2) is 0 Å². The standard InChI is InChI=1S/C16H20/c1-4-14(3)13-15(5-2)11-12-16-9-7-6-8-10-16/h4-5,7,9-13H,2,6,8H2,1,3H3/b12-11+,14-4-,15-13+. The fourth-order valence-electron chi connectivity index (χ4n) is 1.47. The summed E-state index contributed by atoms with van der Waals surface area (Å²) >= 11 is 0. The van der Waals surface area contributed by atoms with Gasteiger partial charge in [0.25, 0.3) is 0 Å². The van der Waals surface area contributed by atoms with Crippen LogP contribution < -0.4 is 0 Å². The van der Waals surface area contributed by atoms with Gasteiger partial charge in [0, 0.05) is 0 Å². The Hall–Kier alpha value is -1.56. The lowest BCUT2D eigenvalue weighted by atomic mass is 10.1. The van der Waals surface area contributed by atoms with Crippen LogP contribution in [0.15, 0.2) is 71.9 Å². The molecule has 0 fully saturated rings. The van der Waals surface area contributed by atoms with Gasteiger partial charge >= 0.3 is 0 Å². The Bertz CT molecular complexity index is 384. The van der Waals surface area contributed by atoms with Gasteiger partial charge in [-0.1, -0.05) is 60.8 Å². The lowest BCUT2D eigenvalue weighted by Gasteiger charge is -2.01. The highest BCUT2D eigenvalue weighted by atomic mass is 14.0. The molecule has 0 saturated heterocycles. The van der Waals surface area contributed by atoms with Crippen LogP contribution in [-0.2, 0) is 0 Å². The van der Waals surface area contributed by atoms with Crippen LogP contribution in [0.1, 0.15) is 26.7 Å². The summed E-state index contributed by atoms with van der Waals surface area (Å²) in [5, 5.41) is 0. The van der Waals surface area contributed by atoms with Gasteiger partial charge < -0.3 is 0 Å². The van der Waals surface area contributed by atoms with Crippen molar-refractivity contribution >= 4 is 0 Å². The van der Waals surface area contributed by atoms with Crippen molar-refractivity contribution in [1.29, 1.82) is 0 Å². The van der Waals surface area contributed by atoms with Gasteiger partial charge in [-0.3, -0.25) is 0 Å². The highest BCUT2D eigenvalue weighted by Gasteiger charge is 1.92. The molecule has 0 aromatic carbocycles. The van der Waals surface area contributed by atoms with E-state index in [-0.39, 0.29) is 0 Å². The molecular weight excluding hydrogens is 192 g/mol. The Morgan fingerprint density at radius 3 is 2.75 bits per heavy atom. The molecule has 1 rings (SSSR count). The third-order valence-corrected chi connectivity index (χ3v) is 2.58. The molecule has 0 amide bonds. The summed E-state index contributed by atoms with van der Waals surface area (Å²) < 4.78 is 0. The lowest BCUT2D eigenvalue weighted by Crippen LogP contribution is -1.81. The first-order valence-electron chi connectivity index (χ1n) is 5.78. The first kappa shape index (κ1) is 12.5. The van der Waals surface area contributed by atoms with E-state index in [1.165, 1.54) is 17.6 Å². The predicted octanol–water partition coefficient (Wildman–Crippen LogP) is 4.90. The van der Waals surface area contributed by atoms with E-state index in [0.29, 0.717) is 0 Å². The van der Waals surface area contributed by atoms with Crippen molar-refractivity contribution in [1.82, 2.24) is 0 Å². The molecule has 1 aliphatic carbocycles. The minimum absolute atomic E-state index is 1.15. The zero-order chi connectivity index (χ0) is 11.8. The van der Waals surface area contributed by atoms with Crippen molar-refractivity contribution in [3.05, 3.63) is 71.9 Å². The molecule has 1 aliphatic rings. The smallest absolute Gasteiger partial charge is 0.0260 e. The van der Waals surface area contributed by atoms with Crippen molar-refractivity contribution < 1.29 is 0 Å². The third-order valence-electron chi connectivity index (χ3n) is 2.58. The van der Waals surface area contributed by atoms with Crippen LogP contribution in [0.3, 0.4) is 0 Å². The average Bonchev–Trinajstić information content (AvgIpc) is 2.35. The molecule has 0 N–H and O–H groups in total. The fraction of sp³-hybridized carbons (Fsp3) is 0.250. The van der Waals surface area contributed by atoms with Crippen LogP contribution in [0, 0.1) is 0 Å².